The fourth-order valence-corrected chi connectivity index (χ4v) is 10.1. The van der Waals surface area contributed by atoms with Gasteiger partial charge in [-0.1, -0.05) is 31.5 Å². The van der Waals surface area contributed by atoms with Gasteiger partial charge < -0.3 is 10.2 Å². The smallest absolute Gasteiger partial charge is 0.297 e. The average Bonchev–Trinajstić information content (AvgIpc) is 3.06. The summed E-state index contributed by atoms with van der Waals surface area (Å²) in [6.07, 6.45) is 7.79. The average molecular weight is 491 g/mol. The van der Waals surface area contributed by atoms with Crippen molar-refractivity contribution in [3.05, 3.63) is 29.8 Å². The number of benzene rings is 1. The van der Waals surface area contributed by atoms with Gasteiger partial charge in [0.1, 0.15) is 6.10 Å². The number of hydrogen-bond acceptors (Lipinski definition) is 5. The molecule has 4 saturated carbocycles. The van der Waals surface area contributed by atoms with Gasteiger partial charge in [-0.05, 0) is 113 Å². The van der Waals surface area contributed by atoms with Crippen LogP contribution in [0.1, 0.15) is 84.1 Å². The lowest BCUT2D eigenvalue weighted by Gasteiger charge is -2.62. The minimum atomic E-state index is -3.95. The van der Waals surface area contributed by atoms with Crippen molar-refractivity contribution in [3.8, 4) is 0 Å². The Morgan fingerprint density at radius 3 is 2.35 bits per heavy atom. The summed E-state index contributed by atoms with van der Waals surface area (Å²) in [5.74, 6) is 2.18. The Morgan fingerprint density at radius 1 is 0.971 bits per heavy atom. The van der Waals surface area contributed by atoms with Crippen LogP contribution in [0.4, 0.5) is 0 Å². The Hall–Kier alpha value is -0.950. The van der Waals surface area contributed by atoms with Crippen LogP contribution in [0, 0.1) is 41.4 Å². The molecule has 9 atom stereocenters. The zero-order chi connectivity index (χ0) is 24.5. The van der Waals surface area contributed by atoms with Gasteiger partial charge in [-0.25, -0.2) is 0 Å². The third-order valence-corrected chi connectivity index (χ3v) is 12.5. The van der Waals surface area contributed by atoms with Gasteiger partial charge in [-0.3, -0.25) is 4.18 Å². The number of fused-ring (bicyclic) bond motifs is 5. The second-order valence-corrected chi connectivity index (χ2v) is 14.1. The fourth-order valence-electron chi connectivity index (χ4n) is 8.98. The van der Waals surface area contributed by atoms with Crippen molar-refractivity contribution in [3.63, 3.8) is 0 Å². The number of aliphatic hydroxyl groups excluding tert-OH is 1. The number of aliphatic hydroxyl groups is 2. The predicted molar refractivity (Wildman–Crippen MR) is 132 cm³/mol. The fraction of sp³-hybridized carbons (Fsp3) is 0.786. The van der Waals surface area contributed by atoms with Gasteiger partial charge in [0.05, 0.1) is 16.6 Å². The highest BCUT2D eigenvalue weighted by Crippen LogP contribution is 2.68. The van der Waals surface area contributed by atoms with Gasteiger partial charge >= 0.3 is 0 Å². The summed E-state index contributed by atoms with van der Waals surface area (Å²) >= 11 is 0. The largest absolute Gasteiger partial charge is 0.393 e. The summed E-state index contributed by atoms with van der Waals surface area (Å²) in [4.78, 5) is 0.141. The van der Waals surface area contributed by atoms with Gasteiger partial charge in [-0.2, -0.15) is 8.42 Å². The molecular formula is C28H42O5S. The summed E-state index contributed by atoms with van der Waals surface area (Å²) in [6.45, 7) is 8.32. The standard InChI is InChI=1S/C28H42O5S/c1-18-5-8-22(9-6-18)34(31,32)33-19(2)28(30)16-13-25-23-10-7-20-17-21(29)11-14-26(20,3)24(23)12-15-27(25,28)4/h5-6,8-9,19-21,23-25,29-30H,7,10-17H2,1-4H3/t19-,20+,21+,23+,24-,25-,26-,27-,28-/m0/s1. The second-order valence-electron chi connectivity index (χ2n) is 12.5. The Kier molecular flexibility index (Phi) is 6.03. The molecule has 0 heterocycles. The second kappa shape index (κ2) is 8.29. The first kappa shape index (κ1) is 24.7. The van der Waals surface area contributed by atoms with Crippen LogP contribution in [0.5, 0.6) is 0 Å². The maximum atomic E-state index is 13.0. The van der Waals surface area contributed by atoms with Crippen molar-refractivity contribution in [2.75, 3.05) is 0 Å². The highest BCUT2D eigenvalue weighted by Gasteiger charge is 2.66. The van der Waals surface area contributed by atoms with E-state index in [2.05, 4.69) is 13.8 Å². The number of rotatable bonds is 4. The van der Waals surface area contributed by atoms with Gasteiger partial charge in [0.15, 0.2) is 0 Å². The number of hydrogen-bond donors (Lipinski definition) is 2. The molecule has 0 radical (unpaired) electrons. The van der Waals surface area contributed by atoms with E-state index < -0.39 is 21.8 Å². The van der Waals surface area contributed by atoms with Crippen molar-refractivity contribution in [2.24, 2.45) is 34.5 Å². The molecule has 0 spiro atoms. The van der Waals surface area contributed by atoms with E-state index >= 15 is 0 Å². The molecule has 6 heteroatoms. The molecule has 4 aliphatic carbocycles. The van der Waals surface area contributed by atoms with Crippen LogP contribution in [-0.4, -0.2) is 36.4 Å². The lowest BCUT2D eigenvalue weighted by Crippen LogP contribution is -2.59. The molecule has 4 fully saturated rings. The quantitative estimate of drug-likeness (QED) is 0.565. The van der Waals surface area contributed by atoms with E-state index in [-0.39, 0.29) is 21.8 Å². The van der Waals surface area contributed by atoms with Crippen molar-refractivity contribution >= 4 is 10.1 Å². The maximum Gasteiger partial charge on any atom is 0.297 e. The molecular weight excluding hydrogens is 448 g/mol. The molecule has 1 aromatic rings. The van der Waals surface area contributed by atoms with Crippen LogP contribution in [0.3, 0.4) is 0 Å². The normalized spacial score (nSPS) is 45.2. The molecule has 190 valence electrons. The molecule has 4 aliphatic rings. The minimum Gasteiger partial charge on any atom is -0.393 e. The van der Waals surface area contributed by atoms with Crippen molar-refractivity contribution in [1.82, 2.24) is 0 Å². The summed E-state index contributed by atoms with van der Waals surface area (Å²) in [7, 11) is -3.95. The van der Waals surface area contributed by atoms with Crippen molar-refractivity contribution in [1.29, 1.82) is 0 Å². The summed E-state index contributed by atoms with van der Waals surface area (Å²) in [5.41, 5.74) is -0.250. The summed E-state index contributed by atoms with van der Waals surface area (Å²) in [5, 5.41) is 22.3. The molecule has 0 amide bonds. The molecule has 0 unspecified atom stereocenters. The van der Waals surface area contributed by atoms with Gasteiger partial charge in [-0.15, -0.1) is 0 Å². The van der Waals surface area contributed by atoms with Crippen LogP contribution in [-0.2, 0) is 14.3 Å². The third-order valence-electron chi connectivity index (χ3n) is 11.1. The van der Waals surface area contributed by atoms with Crippen LogP contribution >= 0.6 is 0 Å². The van der Waals surface area contributed by atoms with E-state index in [1.54, 1.807) is 31.2 Å². The van der Waals surface area contributed by atoms with E-state index in [9.17, 15) is 18.6 Å². The molecule has 1 aromatic carbocycles. The zero-order valence-electron chi connectivity index (χ0n) is 21.2. The van der Waals surface area contributed by atoms with Crippen molar-refractivity contribution in [2.45, 2.75) is 108 Å². The highest BCUT2D eigenvalue weighted by molar-refractivity contribution is 7.86. The third kappa shape index (κ3) is 3.62. The van der Waals surface area contributed by atoms with E-state index in [1.807, 2.05) is 6.92 Å². The van der Waals surface area contributed by atoms with Gasteiger partial charge in [0.25, 0.3) is 10.1 Å². The first-order chi connectivity index (χ1) is 15.9. The Labute approximate surface area is 205 Å². The number of aryl methyl sites for hydroxylation is 1. The molecule has 5 nitrogen and oxygen atoms in total. The first-order valence-corrected chi connectivity index (χ1v) is 14.7. The lowest BCUT2D eigenvalue weighted by atomic mass is 9.44. The molecule has 0 saturated heterocycles. The van der Waals surface area contributed by atoms with Crippen LogP contribution in [0.25, 0.3) is 0 Å². The van der Waals surface area contributed by atoms with E-state index in [4.69, 9.17) is 4.18 Å². The molecule has 34 heavy (non-hydrogen) atoms. The molecule has 0 aliphatic heterocycles. The Morgan fingerprint density at radius 2 is 1.65 bits per heavy atom. The topological polar surface area (TPSA) is 83.8 Å². The van der Waals surface area contributed by atoms with Crippen LogP contribution in [0.15, 0.2) is 29.2 Å². The monoisotopic (exact) mass is 490 g/mol. The van der Waals surface area contributed by atoms with Crippen LogP contribution in [0.2, 0.25) is 0 Å². The molecule has 0 aromatic heterocycles. The van der Waals surface area contributed by atoms with Gasteiger partial charge in [0.2, 0.25) is 0 Å². The van der Waals surface area contributed by atoms with E-state index in [0.29, 0.717) is 30.1 Å². The zero-order valence-corrected chi connectivity index (χ0v) is 22.0. The van der Waals surface area contributed by atoms with E-state index in [0.717, 1.165) is 56.9 Å². The highest BCUT2D eigenvalue weighted by atomic mass is 32.2. The van der Waals surface area contributed by atoms with Crippen LogP contribution < -0.4 is 0 Å². The lowest BCUT2D eigenvalue weighted by molar-refractivity contribution is -0.181. The molecule has 0 bridgehead atoms. The summed E-state index contributed by atoms with van der Waals surface area (Å²) in [6, 6.07) is 6.69. The minimum absolute atomic E-state index is 0.141. The van der Waals surface area contributed by atoms with Gasteiger partial charge in [0, 0.05) is 5.41 Å². The van der Waals surface area contributed by atoms with E-state index in [1.165, 1.54) is 0 Å². The van der Waals surface area contributed by atoms with Crippen molar-refractivity contribution < 1.29 is 22.8 Å². The molecule has 5 rings (SSSR count). The SMILES string of the molecule is Cc1ccc(S(=O)(=O)O[C@@H](C)[C@@]2(O)CC[C@H]3[C@@H]4CC[C@@H]5C[C@H](O)CC[C@]5(C)[C@H]4CC[C@@]32C)cc1. The first-order valence-electron chi connectivity index (χ1n) is 13.3. The predicted octanol–water partition coefficient (Wildman–Crippen LogP) is 5.22. The maximum absolute atomic E-state index is 13.0. The summed E-state index contributed by atoms with van der Waals surface area (Å²) < 4.78 is 31.7. The Balaban J connectivity index is 1.37. The molecule has 2 N–H and O–H groups in total. The Bertz CT molecular complexity index is 1020.